The number of esters is 2. The van der Waals surface area contributed by atoms with Crippen LogP contribution >= 0.6 is 0 Å². The van der Waals surface area contributed by atoms with E-state index in [1.165, 1.54) is 161 Å². The number of nitrogens with one attached hydrogen (secondary N) is 2. The molecule has 9 aromatic rings. The van der Waals surface area contributed by atoms with Gasteiger partial charge in [0.1, 0.15) is 12.0 Å². The number of rotatable bonds is 25. The summed E-state index contributed by atoms with van der Waals surface area (Å²) >= 11 is 0. The summed E-state index contributed by atoms with van der Waals surface area (Å²) in [5.74, 6) is -0.672. The van der Waals surface area contributed by atoms with Crippen LogP contribution in [-0.2, 0) is 127 Å². The first-order chi connectivity index (χ1) is 64.9. The Bertz CT molecular complexity index is 5250. The summed E-state index contributed by atoms with van der Waals surface area (Å²) < 4.78 is 9.19. The summed E-state index contributed by atoms with van der Waals surface area (Å²) in [5, 5.41) is 14.8. The monoisotopic (exact) mass is 1840 g/mol. The fourth-order valence-corrected chi connectivity index (χ4v) is 15.4. The van der Waals surface area contributed by atoms with Crippen LogP contribution in [0.15, 0.2) is 218 Å². The number of amides is 4. The highest BCUT2D eigenvalue weighted by Crippen LogP contribution is 2.28. The number of carboxylic acids is 1. The highest BCUT2D eigenvalue weighted by molar-refractivity contribution is 6.10. The van der Waals surface area contributed by atoms with Crippen molar-refractivity contribution in [1.29, 1.82) is 0 Å². The number of likely N-dealkylation sites (N-methyl/N-ethyl adjacent to an activating group) is 1. The number of carboxylic acid groups (broad SMARTS) is 1. The smallest absolute Gasteiger partial charge is 0.313 e. The second kappa shape index (κ2) is 62.7. The molecular formula is C114H145N7O14. The zero-order valence-corrected chi connectivity index (χ0v) is 82.1. The van der Waals surface area contributed by atoms with E-state index in [2.05, 4.69) is 137 Å². The Hall–Kier alpha value is -12.7. The van der Waals surface area contributed by atoms with Gasteiger partial charge in [-0.2, -0.15) is 0 Å². The Morgan fingerprint density at radius 3 is 1.22 bits per heavy atom. The van der Waals surface area contributed by atoms with Gasteiger partial charge in [-0.3, -0.25) is 57.6 Å². The Morgan fingerprint density at radius 2 is 0.778 bits per heavy atom. The van der Waals surface area contributed by atoms with Crippen LogP contribution in [0.5, 0.6) is 5.75 Å². The Balaban J connectivity index is 0.000000237. The summed E-state index contributed by atoms with van der Waals surface area (Å²) in [5.41, 5.74) is 23.0. The second-order valence-corrected chi connectivity index (χ2v) is 34.9. The lowest BCUT2D eigenvalue weighted by atomic mass is 9.98. The van der Waals surface area contributed by atoms with Crippen LogP contribution in [0, 0.1) is 6.92 Å². The van der Waals surface area contributed by atoms with Crippen LogP contribution in [0.25, 0.3) is 12.2 Å². The van der Waals surface area contributed by atoms with Gasteiger partial charge in [0.25, 0.3) is 0 Å². The van der Waals surface area contributed by atoms with E-state index in [-0.39, 0.29) is 65.8 Å². The summed E-state index contributed by atoms with van der Waals surface area (Å²) in [6.45, 7) is 14.6. The normalized spacial score (nSPS) is 13.3. The van der Waals surface area contributed by atoms with Gasteiger partial charge in [-0.05, 0) is 232 Å². The van der Waals surface area contributed by atoms with Crippen LogP contribution in [0.1, 0.15) is 263 Å². The summed E-state index contributed by atoms with van der Waals surface area (Å²) in [6.07, 6.45) is 31.7. The number of benzene rings is 9. The lowest BCUT2D eigenvalue weighted by Gasteiger charge is -2.16. The molecule has 4 amide bonds. The minimum absolute atomic E-state index is 0.00717. The minimum Gasteiger partial charge on any atom is -0.497 e. The van der Waals surface area contributed by atoms with Crippen LogP contribution < -0.4 is 15.4 Å². The van der Waals surface area contributed by atoms with Crippen molar-refractivity contribution in [2.24, 2.45) is 0 Å². The van der Waals surface area contributed by atoms with Crippen molar-refractivity contribution < 1.29 is 67.3 Å². The van der Waals surface area contributed by atoms with Gasteiger partial charge in [0.2, 0.25) is 23.6 Å². The number of Topliss-reactive ketones (excluding diaryl/α,β-unsaturated/α-hetero) is 3. The van der Waals surface area contributed by atoms with Crippen molar-refractivity contribution in [2.45, 2.75) is 235 Å². The topological polar surface area (TPSA) is 267 Å². The zero-order valence-electron chi connectivity index (χ0n) is 82.1. The number of hydrogen-bond acceptors (Lipinski definition) is 16. The van der Waals surface area contributed by atoms with Gasteiger partial charge < -0.3 is 44.8 Å². The van der Waals surface area contributed by atoms with Crippen molar-refractivity contribution in [3.8, 4) is 5.75 Å². The molecular weight excluding hydrogens is 1690 g/mol. The highest BCUT2D eigenvalue weighted by atomic mass is 16.6. The molecule has 21 heteroatoms. The molecule has 4 aliphatic carbocycles. The number of nitrogens with zero attached hydrogens (tertiary/aromatic N) is 5. The molecule has 1 aliphatic heterocycles. The van der Waals surface area contributed by atoms with Gasteiger partial charge in [-0.15, -0.1) is 0 Å². The summed E-state index contributed by atoms with van der Waals surface area (Å²) in [6, 6.07) is 69.6. The molecule has 9 aromatic carbocycles. The van der Waals surface area contributed by atoms with Crippen LogP contribution in [0.2, 0.25) is 0 Å². The third-order valence-corrected chi connectivity index (χ3v) is 23.6. The highest BCUT2D eigenvalue weighted by Gasteiger charge is 2.23. The molecule has 5 aliphatic rings. The van der Waals surface area contributed by atoms with E-state index in [4.69, 9.17) is 9.84 Å². The average Bonchev–Trinajstić information content (AvgIpc) is 1.76. The maximum Gasteiger partial charge on any atom is 0.313 e. The van der Waals surface area contributed by atoms with Crippen molar-refractivity contribution in [2.75, 3.05) is 63.0 Å². The van der Waals surface area contributed by atoms with E-state index in [1.807, 2.05) is 112 Å². The number of ether oxygens (including phenoxy) is 2. The standard InChI is InChI=1S/C23H29N.C15H19NO4.C15H17NO3.C15H21NO.C13H19N.C10H13NO.C10H10O2.C8H11N.C5H6O3/c1-19-10-12-20(13-11-19)7-6-16-24(2)18-21-14-15-22-8-4-3-5-9-23(22)17-21;1-11(17)16(2)10-12-6-8-13(9-7-12)14(18)4-3-5-15(19)20;1-10(17)16(2)9-11-6-7-12-13(8-11)15(19)5-3-4-14(12)18;1-12(17)16(2)11-13-8-9-14-6-4-3-5-7-15(14)10-13;1-14-10-11-7-8-12-5-3-2-4-6-13(12)9-11;1-9(12)11(2)8-10-6-4-3-5-7-10;1-12-10-6-4-9(5-7-10)3-2-8-11;1-9-7-8-5-3-2-4-6-8;6-4-2-1-3-5(7)8-4/h6-7,10-15,17H,3-5,8-9,16,18H2,1-2H3;6-9H,3-5,10H2,1-2H3,(H,19,20);6-8H,3-5,9H2,1-2H3;8-10H,3-7,11H2,1-2H3;7-9,14H,2-6,10H2,1H3;3-7H,8H2,1-2H3;2-8H,1H3;2-6,9H,7H2,1H3;1-3H2/b7-6+;;;;;;3-2+;;. The van der Waals surface area contributed by atoms with Crippen LogP contribution in [0.4, 0.5) is 0 Å². The van der Waals surface area contributed by atoms with Gasteiger partial charge in [0.05, 0.1) is 7.11 Å². The molecule has 0 unspecified atom stereocenters. The zero-order chi connectivity index (χ0) is 98.2. The molecule has 720 valence electrons. The third kappa shape index (κ3) is 44.4. The molecule has 3 N–H and O–H groups in total. The predicted molar refractivity (Wildman–Crippen MR) is 541 cm³/mol. The van der Waals surface area contributed by atoms with E-state index in [9.17, 15) is 52.7 Å². The number of carbonyl (C=O) groups is 11. The average molecular weight is 1840 g/mol. The first-order valence-corrected chi connectivity index (χ1v) is 47.4. The number of carbonyl (C=O) groups excluding carboxylic acids is 10. The first kappa shape index (κ1) is 111. The number of methoxy groups -OCH3 is 1. The van der Waals surface area contributed by atoms with E-state index < -0.39 is 5.97 Å². The maximum absolute atomic E-state index is 12.0. The lowest BCUT2D eigenvalue weighted by molar-refractivity contribution is -0.163. The van der Waals surface area contributed by atoms with Gasteiger partial charge in [0, 0.05) is 163 Å². The number of hydrogen-bond donors (Lipinski definition) is 3. The molecule has 0 saturated carbocycles. The predicted octanol–water partition coefficient (Wildman–Crippen LogP) is 20.6. The van der Waals surface area contributed by atoms with E-state index in [1.54, 1.807) is 114 Å². The van der Waals surface area contributed by atoms with Crippen molar-refractivity contribution in [1.82, 2.24) is 35.1 Å². The quantitative estimate of drug-likeness (QED) is 0.0120. The Labute approximate surface area is 802 Å². The molecule has 21 nitrogen and oxygen atoms in total. The molecule has 14 rings (SSSR count). The molecule has 0 bridgehead atoms. The number of cyclic esters (lactones) is 2. The van der Waals surface area contributed by atoms with E-state index in [0.717, 1.165) is 67.0 Å². The summed E-state index contributed by atoms with van der Waals surface area (Å²) in [7, 11) is 14.9. The van der Waals surface area contributed by atoms with Crippen LogP contribution in [-0.4, -0.2) is 158 Å². The fourth-order valence-electron chi connectivity index (χ4n) is 15.4. The van der Waals surface area contributed by atoms with Crippen molar-refractivity contribution in [3.63, 3.8) is 0 Å². The van der Waals surface area contributed by atoms with Crippen LogP contribution in [0.3, 0.4) is 0 Å². The number of allylic oxidation sites excluding steroid dienone is 1. The van der Waals surface area contributed by atoms with Gasteiger partial charge >= 0.3 is 17.9 Å². The maximum atomic E-state index is 12.0. The molecule has 0 atom stereocenters. The SMILES string of the molecule is CC(=O)N(C)Cc1ccc(C(=O)CCCC(=O)O)cc1.CC(=O)N(C)Cc1ccc2c(c1)C(=O)CCCC2=O.CC(=O)N(C)Cc1ccc2c(c1)CCCCC2.CC(=O)N(C)Cc1ccccc1.CNCc1ccc2c(c1)CCCCC2.CNCc1ccccc1.COc1ccc(/C=C/C=O)cc1.Cc1ccc(/C=C/CN(C)Cc2ccc3c(c2)CCCCC3)cc1.O=C1CCCC(=O)O1. The van der Waals surface area contributed by atoms with Gasteiger partial charge in [0.15, 0.2) is 17.3 Å². The van der Waals surface area contributed by atoms with Gasteiger partial charge in [-0.1, -0.05) is 231 Å². The third-order valence-electron chi connectivity index (χ3n) is 23.6. The molecule has 1 saturated heterocycles. The minimum atomic E-state index is -0.889. The first-order valence-electron chi connectivity index (χ1n) is 47.4. The summed E-state index contributed by atoms with van der Waals surface area (Å²) in [4.78, 5) is 130. The molecule has 1 fully saturated rings. The van der Waals surface area contributed by atoms with Crippen molar-refractivity contribution >= 4 is 77.3 Å². The van der Waals surface area contributed by atoms with E-state index in [0.29, 0.717) is 81.3 Å². The molecule has 0 spiro atoms. The van der Waals surface area contributed by atoms with E-state index >= 15 is 0 Å². The van der Waals surface area contributed by atoms with Gasteiger partial charge in [-0.25, -0.2) is 0 Å². The molecule has 0 aromatic heterocycles. The number of ketones is 3. The number of aryl methyl sites for hydroxylation is 7. The fraction of sp³-hybridized carbons (Fsp3) is 0.395. The Morgan fingerprint density at radius 1 is 0.393 bits per heavy atom. The van der Waals surface area contributed by atoms with Crippen molar-refractivity contribution in [3.05, 3.63) is 324 Å². The molecule has 135 heavy (non-hydrogen) atoms. The molecule has 0 radical (unpaired) electrons. The Kier molecular flexibility index (Phi) is 51.6. The lowest BCUT2D eigenvalue weighted by Crippen LogP contribution is -2.23. The second-order valence-electron chi connectivity index (χ2n) is 34.9. The number of aliphatic carboxylic acids is 1. The molecule has 1 heterocycles. The number of aldehydes is 1. The largest absolute Gasteiger partial charge is 0.497 e. The number of fused-ring (bicyclic) bond motifs is 4.